The fourth-order valence-corrected chi connectivity index (χ4v) is 3.17. The molecule has 5 nitrogen and oxygen atoms in total. The summed E-state index contributed by atoms with van der Waals surface area (Å²) in [5, 5.41) is 0. The van der Waals surface area contributed by atoms with Gasteiger partial charge in [0.05, 0.1) is 12.7 Å². The standard InChI is InChI=1S/C20H20FNO4/c1-12-10-14-6-4-5-7-17(14)22(12)19(23)13(2)26-20(24)15-8-9-18(25-3)16(21)11-15/h4-9,11-13H,10H2,1-3H3/t12-,13-/m1/s1. The van der Waals surface area contributed by atoms with E-state index >= 15 is 0 Å². The number of ether oxygens (including phenoxy) is 2. The number of para-hydroxylation sites is 1. The van der Waals surface area contributed by atoms with Crippen LogP contribution in [0.4, 0.5) is 10.1 Å². The summed E-state index contributed by atoms with van der Waals surface area (Å²) in [7, 11) is 1.34. The molecular weight excluding hydrogens is 337 g/mol. The Labute approximate surface area is 151 Å². The van der Waals surface area contributed by atoms with Gasteiger partial charge in [0.1, 0.15) is 0 Å². The Hall–Kier alpha value is -2.89. The largest absolute Gasteiger partial charge is 0.494 e. The van der Waals surface area contributed by atoms with E-state index in [1.807, 2.05) is 31.2 Å². The van der Waals surface area contributed by atoms with Crippen molar-refractivity contribution in [1.29, 1.82) is 0 Å². The molecule has 0 aromatic heterocycles. The SMILES string of the molecule is COc1ccc(C(=O)O[C@H](C)C(=O)N2c3ccccc3C[C@H]2C)cc1F. The molecule has 2 aromatic carbocycles. The van der Waals surface area contributed by atoms with Crippen LogP contribution >= 0.6 is 0 Å². The molecule has 0 bridgehead atoms. The van der Waals surface area contributed by atoms with Gasteiger partial charge in [0.15, 0.2) is 17.7 Å². The van der Waals surface area contributed by atoms with E-state index in [1.54, 1.807) is 4.90 Å². The third kappa shape index (κ3) is 3.27. The van der Waals surface area contributed by atoms with E-state index in [0.717, 1.165) is 23.7 Å². The maximum Gasteiger partial charge on any atom is 0.339 e. The molecule has 0 radical (unpaired) electrons. The molecule has 2 atom stereocenters. The van der Waals surface area contributed by atoms with E-state index in [1.165, 1.54) is 26.2 Å². The number of carbonyl (C=O) groups excluding carboxylic acids is 2. The molecule has 0 saturated heterocycles. The lowest BCUT2D eigenvalue weighted by atomic mass is 10.1. The fourth-order valence-electron chi connectivity index (χ4n) is 3.17. The molecule has 2 aromatic rings. The van der Waals surface area contributed by atoms with E-state index < -0.39 is 17.9 Å². The van der Waals surface area contributed by atoms with Crippen LogP contribution in [-0.4, -0.2) is 31.1 Å². The Balaban J connectivity index is 1.73. The summed E-state index contributed by atoms with van der Waals surface area (Å²) in [6.07, 6.45) is -0.229. The summed E-state index contributed by atoms with van der Waals surface area (Å²) in [4.78, 5) is 26.7. The van der Waals surface area contributed by atoms with Gasteiger partial charge in [-0.3, -0.25) is 4.79 Å². The molecule has 26 heavy (non-hydrogen) atoms. The lowest BCUT2D eigenvalue weighted by Crippen LogP contribution is -2.43. The summed E-state index contributed by atoms with van der Waals surface area (Å²) in [6, 6.07) is 11.4. The number of carbonyl (C=O) groups is 2. The molecule has 0 saturated carbocycles. The van der Waals surface area contributed by atoms with Crippen LogP contribution in [0, 0.1) is 5.82 Å². The van der Waals surface area contributed by atoms with Crippen LogP contribution in [0.5, 0.6) is 5.75 Å². The monoisotopic (exact) mass is 357 g/mol. The average Bonchev–Trinajstić information content (AvgIpc) is 2.96. The molecule has 1 amide bonds. The number of esters is 1. The molecule has 0 aliphatic carbocycles. The van der Waals surface area contributed by atoms with Crippen molar-refractivity contribution in [1.82, 2.24) is 0 Å². The number of halogens is 1. The third-order valence-corrected chi connectivity index (χ3v) is 4.46. The second-order valence-electron chi connectivity index (χ2n) is 6.29. The minimum absolute atomic E-state index is 0.0144. The van der Waals surface area contributed by atoms with E-state index in [2.05, 4.69) is 0 Å². The Morgan fingerprint density at radius 1 is 1.23 bits per heavy atom. The number of hydrogen-bond donors (Lipinski definition) is 0. The second kappa shape index (κ2) is 7.15. The summed E-state index contributed by atoms with van der Waals surface area (Å²) >= 11 is 0. The van der Waals surface area contributed by atoms with Gasteiger partial charge in [0.2, 0.25) is 0 Å². The van der Waals surface area contributed by atoms with Gasteiger partial charge < -0.3 is 14.4 Å². The minimum atomic E-state index is -0.985. The first kappa shape index (κ1) is 17.9. The van der Waals surface area contributed by atoms with Crippen LogP contribution < -0.4 is 9.64 Å². The highest BCUT2D eigenvalue weighted by Gasteiger charge is 2.34. The average molecular weight is 357 g/mol. The Bertz CT molecular complexity index is 851. The fraction of sp³-hybridized carbons (Fsp3) is 0.300. The molecule has 136 valence electrons. The lowest BCUT2D eigenvalue weighted by molar-refractivity contribution is -0.126. The van der Waals surface area contributed by atoms with Crippen LogP contribution in [0.15, 0.2) is 42.5 Å². The van der Waals surface area contributed by atoms with E-state index in [0.29, 0.717) is 0 Å². The van der Waals surface area contributed by atoms with Crippen molar-refractivity contribution in [3.8, 4) is 5.75 Å². The molecule has 6 heteroatoms. The van der Waals surface area contributed by atoms with Crippen LogP contribution in [-0.2, 0) is 16.0 Å². The zero-order valence-corrected chi connectivity index (χ0v) is 14.9. The molecule has 0 unspecified atom stereocenters. The number of fused-ring (bicyclic) bond motifs is 1. The predicted octanol–water partition coefficient (Wildman–Crippen LogP) is 3.36. The van der Waals surface area contributed by atoms with Crippen molar-refractivity contribution in [2.45, 2.75) is 32.4 Å². The van der Waals surface area contributed by atoms with Crippen LogP contribution in [0.1, 0.15) is 29.8 Å². The van der Waals surface area contributed by atoms with Gasteiger partial charge in [-0.25, -0.2) is 9.18 Å². The topological polar surface area (TPSA) is 55.8 Å². The quantitative estimate of drug-likeness (QED) is 0.788. The van der Waals surface area contributed by atoms with Gasteiger partial charge in [0, 0.05) is 11.7 Å². The third-order valence-electron chi connectivity index (χ3n) is 4.46. The maximum atomic E-state index is 13.8. The molecule has 0 spiro atoms. The Kier molecular flexibility index (Phi) is 4.93. The molecular formula is C20H20FNO4. The summed E-state index contributed by atoms with van der Waals surface area (Å²) < 4.78 is 23.8. The first-order chi connectivity index (χ1) is 12.4. The Morgan fingerprint density at radius 2 is 1.96 bits per heavy atom. The van der Waals surface area contributed by atoms with Crippen LogP contribution in [0.2, 0.25) is 0 Å². The summed E-state index contributed by atoms with van der Waals surface area (Å²) in [6.45, 7) is 3.47. The van der Waals surface area contributed by atoms with Crippen molar-refractivity contribution >= 4 is 17.6 Å². The number of rotatable bonds is 4. The number of benzene rings is 2. The second-order valence-corrected chi connectivity index (χ2v) is 6.29. The number of amides is 1. The first-order valence-electron chi connectivity index (χ1n) is 8.38. The number of nitrogens with zero attached hydrogens (tertiary/aromatic N) is 1. The van der Waals surface area contributed by atoms with Crippen molar-refractivity contribution in [2.24, 2.45) is 0 Å². The first-order valence-corrected chi connectivity index (χ1v) is 8.38. The van der Waals surface area contributed by atoms with Gasteiger partial charge in [0.25, 0.3) is 5.91 Å². The Morgan fingerprint density at radius 3 is 2.65 bits per heavy atom. The van der Waals surface area contributed by atoms with Gasteiger partial charge >= 0.3 is 5.97 Å². The number of hydrogen-bond acceptors (Lipinski definition) is 4. The molecule has 0 N–H and O–H groups in total. The molecule has 1 aliphatic rings. The van der Waals surface area contributed by atoms with Gasteiger partial charge in [-0.2, -0.15) is 0 Å². The summed E-state index contributed by atoms with van der Waals surface area (Å²) in [5.41, 5.74) is 1.95. The van der Waals surface area contributed by atoms with Crippen molar-refractivity contribution in [3.05, 3.63) is 59.4 Å². The van der Waals surface area contributed by atoms with Crippen LogP contribution in [0.25, 0.3) is 0 Å². The zero-order valence-electron chi connectivity index (χ0n) is 14.9. The molecule has 3 rings (SSSR count). The van der Waals surface area contributed by atoms with Gasteiger partial charge in [-0.1, -0.05) is 18.2 Å². The predicted molar refractivity (Wildman–Crippen MR) is 94.9 cm³/mol. The molecule has 0 fully saturated rings. The van der Waals surface area contributed by atoms with E-state index in [-0.39, 0.29) is 23.3 Å². The normalized spacial score (nSPS) is 16.8. The number of anilines is 1. The van der Waals surface area contributed by atoms with Crippen molar-refractivity contribution < 1.29 is 23.5 Å². The van der Waals surface area contributed by atoms with E-state index in [9.17, 15) is 14.0 Å². The van der Waals surface area contributed by atoms with E-state index in [4.69, 9.17) is 9.47 Å². The number of methoxy groups -OCH3 is 1. The highest BCUT2D eigenvalue weighted by atomic mass is 19.1. The molecule has 1 aliphatic heterocycles. The smallest absolute Gasteiger partial charge is 0.339 e. The van der Waals surface area contributed by atoms with Crippen molar-refractivity contribution in [3.63, 3.8) is 0 Å². The maximum absolute atomic E-state index is 13.8. The van der Waals surface area contributed by atoms with Gasteiger partial charge in [-0.05, 0) is 50.1 Å². The minimum Gasteiger partial charge on any atom is -0.494 e. The lowest BCUT2D eigenvalue weighted by Gasteiger charge is -2.26. The highest BCUT2D eigenvalue weighted by molar-refractivity contribution is 6.00. The van der Waals surface area contributed by atoms with Crippen LogP contribution in [0.3, 0.4) is 0 Å². The van der Waals surface area contributed by atoms with Crippen molar-refractivity contribution in [2.75, 3.05) is 12.0 Å². The van der Waals surface area contributed by atoms with Gasteiger partial charge in [-0.15, -0.1) is 0 Å². The highest BCUT2D eigenvalue weighted by Crippen LogP contribution is 2.32. The molecule has 1 heterocycles. The zero-order chi connectivity index (χ0) is 18.8. The summed E-state index contributed by atoms with van der Waals surface area (Å²) in [5.74, 6) is -1.69.